The van der Waals surface area contributed by atoms with E-state index in [-0.39, 0.29) is 11.4 Å². The van der Waals surface area contributed by atoms with E-state index in [1.54, 1.807) is 12.3 Å². The largest absolute Gasteiger partial charge is 0.487 e. The number of carbonyl (C=O) groups excluding carboxylic acids is 1. The number of ketones is 1. The standard InChI is InChI=1S/C22H24N2O2/c1-15-10-17(12-18(13-23)21(25)22(3,4)5)11-16(2)20(15)26-14-19-8-6-7-9-24-19/h6-12H,14H2,1-5H3/b18-12+. The molecule has 2 aromatic rings. The van der Waals surface area contributed by atoms with Crippen LogP contribution in [0, 0.1) is 30.6 Å². The zero-order chi connectivity index (χ0) is 19.3. The van der Waals surface area contributed by atoms with E-state index in [4.69, 9.17) is 4.74 Å². The number of ether oxygens (including phenoxy) is 1. The van der Waals surface area contributed by atoms with Gasteiger partial charge in [-0.3, -0.25) is 9.78 Å². The Kier molecular flexibility index (Phi) is 5.94. The lowest BCUT2D eigenvalue weighted by atomic mass is 9.86. The van der Waals surface area contributed by atoms with E-state index in [9.17, 15) is 10.1 Å². The third kappa shape index (κ3) is 4.80. The molecule has 4 nitrogen and oxygen atoms in total. The Labute approximate surface area is 155 Å². The van der Waals surface area contributed by atoms with Crippen molar-refractivity contribution in [1.82, 2.24) is 4.98 Å². The third-order valence-electron chi connectivity index (χ3n) is 3.93. The van der Waals surface area contributed by atoms with Crippen LogP contribution in [0.5, 0.6) is 5.75 Å². The van der Waals surface area contributed by atoms with Crippen molar-refractivity contribution < 1.29 is 9.53 Å². The van der Waals surface area contributed by atoms with Crippen molar-refractivity contribution in [3.63, 3.8) is 0 Å². The summed E-state index contributed by atoms with van der Waals surface area (Å²) >= 11 is 0. The van der Waals surface area contributed by atoms with E-state index in [2.05, 4.69) is 4.98 Å². The van der Waals surface area contributed by atoms with E-state index >= 15 is 0 Å². The van der Waals surface area contributed by atoms with Crippen molar-refractivity contribution in [3.05, 3.63) is 64.5 Å². The van der Waals surface area contributed by atoms with Crippen LogP contribution in [0.1, 0.15) is 43.2 Å². The highest BCUT2D eigenvalue weighted by atomic mass is 16.5. The van der Waals surface area contributed by atoms with Crippen LogP contribution in [0.2, 0.25) is 0 Å². The molecule has 0 spiro atoms. The number of nitrogens with zero attached hydrogens (tertiary/aromatic N) is 2. The Morgan fingerprint density at radius 3 is 2.38 bits per heavy atom. The molecule has 1 heterocycles. The fourth-order valence-corrected chi connectivity index (χ4v) is 2.64. The number of pyridine rings is 1. The molecule has 134 valence electrons. The van der Waals surface area contributed by atoms with Gasteiger partial charge >= 0.3 is 0 Å². The topological polar surface area (TPSA) is 63.0 Å². The molecule has 0 unspecified atom stereocenters. The molecule has 0 aliphatic heterocycles. The van der Waals surface area contributed by atoms with Crippen molar-refractivity contribution in [3.8, 4) is 11.8 Å². The van der Waals surface area contributed by atoms with Gasteiger partial charge in [-0.2, -0.15) is 5.26 Å². The van der Waals surface area contributed by atoms with Crippen LogP contribution < -0.4 is 4.74 Å². The normalized spacial score (nSPS) is 11.8. The number of aryl methyl sites for hydroxylation is 2. The molecule has 0 atom stereocenters. The summed E-state index contributed by atoms with van der Waals surface area (Å²) < 4.78 is 5.93. The van der Waals surface area contributed by atoms with Crippen LogP contribution in [0.3, 0.4) is 0 Å². The van der Waals surface area contributed by atoms with Crippen LogP contribution in [-0.4, -0.2) is 10.8 Å². The highest BCUT2D eigenvalue weighted by molar-refractivity contribution is 6.06. The summed E-state index contributed by atoms with van der Waals surface area (Å²) in [6.45, 7) is 9.73. The van der Waals surface area contributed by atoms with Gasteiger partial charge in [-0.05, 0) is 60.9 Å². The Bertz CT molecular complexity index is 846. The van der Waals surface area contributed by atoms with E-state index in [1.165, 1.54) is 0 Å². The maximum atomic E-state index is 12.4. The fourth-order valence-electron chi connectivity index (χ4n) is 2.64. The SMILES string of the molecule is Cc1cc(/C=C(\C#N)C(=O)C(C)(C)C)cc(C)c1OCc1ccccn1. The molecule has 1 aromatic carbocycles. The van der Waals surface area contributed by atoms with Gasteiger partial charge in [0.2, 0.25) is 0 Å². The lowest BCUT2D eigenvalue weighted by Crippen LogP contribution is -2.21. The van der Waals surface area contributed by atoms with Crippen molar-refractivity contribution in [2.24, 2.45) is 5.41 Å². The summed E-state index contributed by atoms with van der Waals surface area (Å²) in [5.74, 6) is 0.638. The Balaban J connectivity index is 2.27. The third-order valence-corrected chi connectivity index (χ3v) is 3.93. The van der Waals surface area contributed by atoms with Gasteiger partial charge in [-0.15, -0.1) is 0 Å². The van der Waals surface area contributed by atoms with E-state index in [0.717, 1.165) is 28.1 Å². The average molecular weight is 348 g/mol. The van der Waals surface area contributed by atoms with Crippen LogP contribution in [-0.2, 0) is 11.4 Å². The van der Waals surface area contributed by atoms with Crippen molar-refractivity contribution >= 4 is 11.9 Å². The van der Waals surface area contributed by atoms with E-state index in [0.29, 0.717) is 6.61 Å². The molecule has 4 heteroatoms. The molecule has 1 aromatic heterocycles. The summed E-state index contributed by atoms with van der Waals surface area (Å²) in [7, 11) is 0. The number of aromatic nitrogens is 1. The number of nitriles is 1. The molecule has 2 rings (SSSR count). The predicted molar refractivity (Wildman–Crippen MR) is 103 cm³/mol. The molecule has 0 saturated heterocycles. The van der Waals surface area contributed by atoms with Gasteiger partial charge in [0.25, 0.3) is 0 Å². The molecule has 0 aliphatic carbocycles. The van der Waals surface area contributed by atoms with Gasteiger partial charge < -0.3 is 4.74 Å². The fraction of sp³-hybridized carbons (Fsp3) is 0.318. The van der Waals surface area contributed by atoms with Crippen LogP contribution >= 0.6 is 0 Å². The minimum Gasteiger partial charge on any atom is -0.487 e. The maximum absolute atomic E-state index is 12.4. The zero-order valence-electron chi connectivity index (χ0n) is 16.0. The Hall–Kier alpha value is -2.93. The molecule has 0 aliphatic rings. The molecule has 0 bridgehead atoms. The average Bonchev–Trinajstić information content (AvgIpc) is 2.58. The second kappa shape index (κ2) is 7.97. The summed E-state index contributed by atoms with van der Waals surface area (Å²) in [6.07, 6.45) is 3.39. The first kappa shape index (κ1) is 19.4. The molecular formula is C22H24N2O2. The van der Waals surface area contributed by atoms with Crippen molar-refractivity contribution in [2.45, 2.75) is 41.2 Å². The summed E-state index contributed by atoms with van der Waals surface area (Å²) in [5, 5.41) is 9.35. The maximum Gasteiger partial charge on any atom is 0.178 e. The molecule has 0 saturated carbocycles. The first-order chi connectivity index (χ1) is 12.2. The van der Waals surface area contributed by atoms with Gasteiger partial charge in [0.05, 0.1) is 11.3 Å². The van der Waals surface area contributed by atoms with Crippen LogP contribution in [0.4, 0.5) is 0 Å². The number of Topliss-reactive ketones (excluding diaryl/α,β-unsaturated/α-hetero) is 1. The van der Waals surface area contributed by atoms with Gasteiger partial charge in [0, 0.05) is 11.6 Å². The quantitative estimate of drug-likeness (QED) is 0.575. The molecule has 0 fully saturated rings. The lowest BCUT2D eigenvalue weighted by molar-refractivity contribution is -0.121. The minimum atomic E-state index is -0.586. The van der Waals surface area contributed by atoms with E-state index in [1.807, 2.05) is 71.0 Å². The second-order valence-electron chi connectivity index (χ2n) is 7.34. The molecule has 0 N–H and O–H groups in total. The second-order valence-corrected chi connectivity index (χ2v) is 7.34. The summed E-state index contributed by atoms with van der Waals surface area (Å²) in [5.41, 5.74) is 3.16. The van der Waals surface area contributed by atoms with Gasteiger partial charge in [0.15, 0.2) is 5.78 Å². The van der Waals surface area contributed by atoms with Gasteiger partial charge in [-0.25, -0.2) is 0 Å². The first-order valence-electron chi connectivity index (χ1n) is 8.53. The van der Waals surface area contributed by atoms with Crippen LogP contribution in [0.15, 0.2) is 42.1 Å². The number of hydrogen-bond acceptors (Lipinski definition) is 4. The zero-order valence-corrected chi connectivity index (χ0v) is 16.0. The molecule has 0 amide bonds. The smallest absolute Gasteiger partial charge is 0.178 e. The summed E-state index contributed by atoms with van der Waals surface area (Å²) in [4.78, 5) is 16.6. The van der Waals surface area contributed by atoms with Crippen molar-refractivity contribution in [1.29, 1.82) is 5.26 Å². The van der Waals surface area contributed by atoms with Crippen LogP contribution in [0.25, 0.3) is 6.08 Å². The molecular weight excluding hydrogens is 324 g/mol. The number of benzene rings is 1. The lowest BCUT2D eigenvalue weighted by Gasteiger charge is -2.16. The Morgan fingerprint density at radius 1 is 1.23 bits per heavy atom. The number of allylic oxidation sites excluding steroid dienone is 1. The predicted octanol–water partition coefficient (Wildman–Crippen LogP) is 4.80. The first-order valence-corrected chi connectivity index (χ1v) is 8.53. The Morgan fingerprint density at radius 2 is 1.88 bits per heavy atom. The summed E-state index contributed by atoms with van der Waals surface area (Å²) in [6, 6.07) is 11.6. The highest BCUT2D eigenvalue weighted by Gasteiger charge is 2.25. The highest BCUT2D eigenvalue weighted by Crippen LogP contribution is 2.28. The molecule has 26 heavy (non-hydrogen) atoms. The monoisotopic (exact) mass is 348 g/mol. The number of rotatable bonds is 5. The van der Waals surface area contributed by atoms with Crippen molar-refractivity contribution in [2.75, 3.05) is 0 Å². The van der Waals surface area contributed by atoms with Gasteiger partial charge in [-0.1, -0.05) is 26.8 Å². The van der Waals surface area contributed by atoms with Gasteiger partial charge in [0.1, 0.15) is 18.4 Å². The number of carbonyl (C=O) groups is 1. The minimum absolute atomic E-state index is 0.161. The van der Waals surface area contributed by atoms with E-state index < -0.39 is 5.41 Å². The number of hydrogen-bond donors (Lipinski definition) is 0. The molecule has 0 radical (unpaired) electrons.